The van der Waals surface area contributed by atoms with Crippen molar-refractivity contribution in [2.24, 2.45) is 0 Å². The number of rotatable bonds is 4. The molecule has 2 aromatic rings. The molecule has 2 aromatic carbocycles. The molecule has 0 spiro atoms. The second kappa shape index (κ2) is 7.40. The van der Waals surface area contributed by atoms with E-state index in [0.717, 1.165) is 24.8 Å². The predicted molar refractivity (Wildman–Crippen MR) is 108 cm³/mol. The number of hydrogen-bond donors (Lipinski definition) is 1. The quantitative estimate of drug-likeness (QED) is 0.776. The molecule has 28 heavy (non-hydrogen) atoms. The molecular weight excluding hydrogens is 376 g/mol. The molecule has 1 aliphatic heterocycles. The fourth-order valence-corrected chi connectivity index (χ4v) is 4.14. The first-order valence-corrected chi connectivity index (χ1v) is 9.91. The van der Waals surface area contributed by atoms with Crippen LogP contribution in [0.2, 0.25) is 5.02 Å². The van der Waals surface area contributed by atoms with E-state index in [-0.39, 0.29) is 17.7 Å². The summed E-state index contributed by atoms with van der Waals surface area (Å²) in [6, 6.07) is 14.3. The smallest absolute Gasteiger partial charge is 0.235 e. The highest BCUT2D eigenvalue weighted by Crippen LogP contribution is 2.45. The molecule has 3 amide bonds. The summed E-state index contributed by atoms with van der Waals surface area (Å²) in [7, 11) is 0. The topological polar surface area (TPSA) is 66.5 Å². The number of nitrogens with zero attached hydrogens (tertiary/aromatic N) is 1. The molecule has 6 heteroatoms. The van der Waals surface area contributed by atoms with E-state index in [9.17, 15) is 14.4 Å². The van der Waals surface area contributed by atoms with Gasteiger partial charge in [0, 0.05) is 23.6 Å². The molecule has 1 heterocycles. The summed E-state index contributed by atoms with van der Waals surface area (Å²) >= 11 is 6.12. The van der Waals surface area contributed by atoms with Crippen molar-refractivity contribution >= 4 is 40.7 Å². The lowest BCUT2D eigenvalue weighted by Gasteiger charge is -2.40. The number of piperidine rings is 1. The maximum atomic E-state index is 13.0. The number of carbonyl (C=O) groups is 3. The zero-order valence-electron chi connectivity index (χ0n) is 15.4. The van der Waals surface area contributed by atoms with Crippen LogP contribution >= 0.6 is 11.6 Å². The Balaban J connectivity index is 1.52. The molecule has 2 fully saturated rings. The molecule has 1 N–H and O–H groups in total. The van der Waals surface area contributed by atoms with Crippen molar-refractivity contribution in [3.8, 4) is 0 Å². The van der Waals surface area contributed by atoms with Gasteiger partial charge in [-0.3, -0.25) is 19.3 Å². The van der Waals surface area contributed by atoms with Crippen molar-refractivity contribution in [3.05, 3.63) is 59.1 Å². The average molecular weight is 397 g/mol. The normalized spacial score (nSPS) is 18.5. The molecule has 0 aromatic heterocycles. The number of hydrogen-bond acceptors (Lipinski definition) is 3. The number of amides is 3. The van der Waals surface area contributed by atoms with Crippen LogP contribution in [0.15, 0.2) is 48.5 Å². The molecule has 4 rings (SSSR count). The maximum absolute atomic E-state index is 13.0. The molecule has 1 aliphatic carbocycles. The molecule has 0 unspecified atom stereocenters. The van der Waals surface area contributed by atoms with Gasteiger partial charge >= 0.3 is 0 Å². The van der Waals surface area contributed by atoms with Gasteiger partial charge in [0.2, 0.25) is 17.7 Å². The molecule has 0 radical (unpaired) electrons. The fourth-order valence-electron chi connectivity index (χ4n) is 3.95. The molecule has 1 saturated heterocycles. The Labute approximate surface area is 168 Å². The second-order valence-corrected chi connectivity index (χ2v) is 7.86. The third-order valence-electron chi connectivity index (χ3n) is 5.68. The van der Waals surface area contributed by atoms with Crippen LogP contribution in [0.25, 0.3) is 0 Å². The van der Waals surface area contributed by atoms with Gasteiger partial charge < -0.3 is 5.32 Å². The first-order chi connectivity index (χ1) is 13.5. The summed E-state index contributed by atoms with van der Waals surface area (Å²) in [4.78, 5) is 38.4. The minimum absolute atomic E-state index is 0.0566. The number of anilines is 2. The summed E-state index contributed by atoms with van der Waals surface area (Å²) in [5.74, 6) is -0.413. The van der Waals surface area contributed by atoms with Crippen molar-refractivity contribution in [1.82, 2.24) is 0 Å². The van der Waals surface area contributed by atoms with E-state index in [1.54, 1.807) is 30.3 Å². The molecule has 2 aliphatic rings. The summed E-state index contributed by atoms with van der Waals surface area (Å²) in [6.07, 6.45) is 3.94. The van der Waals surface area contributed by atoms with Crippen molar-refractivity contribution < 1.29 is 14.4 Å². The molecule has 1 saturated carbocycles. The average Bonchev–Trinajstić information content (AvgIpc) is 2.62. The van der Waals surface area contributed by atoms with Crippen LogP contribution in [0, 0.1) is 0 Å². The van der Waals surface area contributed by atoms with Gasteiger partial charge in [-0.25, -0.2) is 0 Å². The zero-order valence-corrected chi connectivity index (χ0v) is 16.2. The lowest BCUT2D eigenvalue weighted by molar-refractivity contribution is -0.129. The number of halogens is 1. The molecule has 0 bridgehead atoms. The van der Waals surface area contributed by atoms with Gasteiger partial charge in [-0.2, -0.15) is 0 Å². The number of imide groups is 1. The van der Waals surface area contributed by atoms with Crippen LogP contribution in [0.3, 0.4) is 0 Å². The molecular formula is C22H21ClN2O3. The minimum Gasteiger partial charge on any atom is -0.325 e. The van der Waals surface area contributed by atoms with Crippen LogP contribution < -0.4 is 10.2 Å². The van der Waals surface area contributed by atoms with Gasteiger partial charge in [0.25, 0.3) is 0 Å². The summed E-state index contributed by atoms with van der Waals surface area (Å²) in [5.41, 5.74) is 1.56. The first-order valence-electron chi connectivity index (χ1n) is 9.53. The Hall–Kier alpha value is -2.66. The van der Waals surface area contributed by atoms with Crippen LogP contribution in [0.4, 0.5) is 11.4 Å². The van der Waals surface area contributed by atoms with Crippen LogP contribution in [-0.2, 0) is 19.8 Å². The third kappa shape index (κ3) is 3.31. The van der Waals surface area contributed by atoms with Gasteiger partial charge in [-0.15, -0.1) is 0 Å². The van der Waals surface area contributed by atoms with Crippen molar-refractivity contribution in [3.63, 3.8) is 0 Å². The van der Waals surface area contributed by atoms with Crippen molar-refractivity contribution in [1.29, 1.82) is 0 Å². The number of carbonyl (C=O) groups excluding carboxylic acids is 3. The zero-order chi connectivity index (χ0) is 19.7. The van der Waals surface area contributed by atoms with Gasteiger partial charge in [0.1, 0.15) is 0 Å². The lowest BCUT2D eigenvalue weighted by Crippen LogP contribution is -2.46. The van der Waals surface area contributed by atoms with Crippen molar-refractivity contribution in [2.45, 2.75) is 43.9 Å². The van der Waals surface area contributed by atoms with E-state index in [1.165, 1.54) is 4.90 Å². The van der Waals surface area contributed by atoms with E-state index in [0.29, 0.717) is 35.7 Å². The molecule has 5 nitrogen and oxygen atoms in total. The largest absolute Gasteiger partial charge is 0.325 e. The standard InChI is InChI=1S/C22H21ClN2O3/c23-16-5-1-4-15(14-16)22(12-3-13-22)21(28)24-17-8-10-18(11-9-17)25-19(26)6-2-7-20(25)27/h1,4-5,8-11,14H,2-3,6-7,12-13H2,(H,24,28). The molecule has 144 valence electrons. The SMILES string of the molecule is O=C1CCCC(=O)N1c1ccc(NC(=O)C2(c3cccc(Cl)c3)CCC2)cc1. The summed E-state index contributed by atoms with van der Waals surface area (Å²) < 4.78 is 0. The summed E-state index contributed by atoms with van der Waals surface area (Å²) in [6.45, 7) is 0. The number of nitrogens with one attached hydrogen (secondary N) is 1. The Morgan fingerprint density at radius 1 is 0.964 bits per heavy atom. The fraction of sp³-hybridized carbons (Fsp3) is 0.318. The Kier molecular flexibility index (Phi) is 4.94. The Morgan fingerprint density at radius 3 is 2.21 bits per heavy atom. The molecule has 0 atom stereocenters. The second-order valence-electron chi connectivity index (χ2n) is 7.42. The van der Waals surface area contributed by atoms with Gasteiger partial charge in [-0.1, -0.05) is 30.2 Å². The van der Waals surface area contributed by atoms with E-state index >= 15 is 0 Å². The summed E-state index contributed by atoms with van der Waals surface area (Å²) in [5, 5.41) is 3.61. The minimum atomic E-state index is -0.553. The van der Waals surface area contributed by atoms with E-state index in [4.69, 9.17) is 11.6 Å². The number of benzene rings is 2. The predicted octanol–water partition coefficient (Wildman–Crippen LogP) is 4.44. The van der Waals surface area contributed by atoms with Gasteiger partial charge in [0.05, 0.1) is 11.1 Å². The van der Waals surface area contributed by atoms with Crippen molar-refractivity contribution in [2.75, 3.05) is 10.2 Å². The maximum Gasteiger partial charge on any atom is 0.235 e. The van der Waals surface area contributed by atoms with Crippen LogP contribution in [-0.4, -0.2) is 17.7 Å². The van der Waals surface area contributed by atoms with Gasteiger partial charge in [-0.05, 0) is 61.2 Å². The lowest BCUT2D eigenvalue weighted by atomic mass is 9.64. The van der Waals surface area contributed by atoms with E-state index in [1.807, 2.05) is 18.2 Å². The van der Waals surface area contributed by atoms with Crippen LogP contribution in [0.1, 0.15) is 44.1 Å². The highest BCUT2D eigenvalue weighted by Gasteiger charge is 2.45. The van der Waals surface area contributed by atoms with Crippen LogP contribution in [0.5, 0.6) is 0 Å². The third-order valence-corrected chi connectivity index (χ3v) is 5.92. The van der Waals surface area contributed by atoms with E-state index < -0.39 is 5.41 Å². The highest BCUT2D eigenvalue weighted by atomic mass is 35.5. The monoisotopic (exact) mass is 396 g/mol. The Bertz CT molecular complexity index is 919. The van der Waals surface area contributed by atoms with E-state index in [2.05, 4.69) is 5.32 Å². The van der Waals surface area contributed by atoms with Gasteiger partial charge in [0.15, 0.2) is 0 Å². The highest BCUT2D eigenvalue weighted by molar-refractivity contribution is 6.30. The Morgan fingerprint density at radius 2 is 1.64 bits per heavy atom. The first kappa shape index (κ1) is 18.7.